The maximum Gasteiger partial charge on any atom is 0.231 e. The number of rotatable bonds is 4. The minimum atomic E-state index is 0.249. The number of aryl methyl sites for hydroxylation is 1. The van der Waals surface area contributed by atoms with Crippen LogP contribution in [0.5, 0.6) is 17.2 Å². The molecule has 0 aromatic heterocycles. The molecule has 2 aromatic rings. The van der Waals surface area contributed by atoms with Crippen molar-refractivity contribution in [2.24, 2.45) is 4.99 Å². The first-order valence-corrected chi connectivity index (χ1v) is 6.94. The van der Waals surface area contributed by atoms with Crippen molar-refractivity contribution in [1.82, 2.24) is 0 Å². The van der Waals surface area contributed by atoms with Crippen LogP contribution in [-0.4, -0.2) is 19.6 Å². The molecule has 4 nitrogen and oxygen atoms in total. The van der Waals surface area contributed by atoms with Crippen LogP contribution in [0.15, 0.2) is 41.4 Å². The maximum absolute atomic E-state index is 5.65. The first kappa shape index (κ1) is 13.5. The molecule has 0 atom stereocenters. The standard InChI is InChI=1S/C17H17NO3/c1-3-19-15-9-17-16(20-11-21-17)8-13(15)10-18-14-7-5-4-6-12(14)2/h4-10H,3,11H2,1-2H3. The Balaban J connectivity index is 1.96. The summed E-state index contributed by atoms with van der Waals surface area (Å²) in [6.07, 6.45) is 1.80. The van der Waals surface area contributed by atoms with Gasteiger partial charge in [0.1, 0.15) is 5.75 Å². The number of hydrogen-bond donors (Lipinski definition) is 0. The Morgan fingerprint density at radius 3 is 2.71 bits per heavy atom. The van der Waals surface area contributed by atoms with Crippen molar-refractivity contribution < 1.29 is 14.2 Å². The van der Waals surface area contributed by atoms with E-state index < -0.39 is 0 Å². The Morgan fingerprint density at radius 1 is 1.19 bits per heavy atom. The molecule has 0 spiro atoms. The summed E-state index contributed by atoms with van der Waals surface area (Å²) in [5.74, 6) is 2.19. The molecule has 1 aliphatic rings. The fraction of sp³-hybridized carbons (Fsp3) is 0.235. The van der Waals surface area contributed by atoms with Crippen LogP contribution < -0.4 is 14.2 Å². The van der Waals surface area contributed by atoms with Gasteiger partial charge < -0.3 is 14.2 Å². The molecule has 21 heavy (non-hydrogen) atoms. The van der Waals surface area contributed by atoms with Gasteiger partial charge in [-0.05, 0) is 31.5 Å². The van der Waals surface area contributed by atoms with E-state index in [0.29, 0.717) is 12.4 Å². The second-order valence-corrected chi connectivity index (χ2v) is 4.72. The molecule has 4 heteroatoms. The van der Waals surface area contributed by atoms with Gasteiger partial charge in [-0.1, -0.05) is 18.2 Å². The number of nitrogens with zero attached hydrogens (tertiary/aromatic N) is 1. The van der Waals surface area contributed by atoms with Crippen molar-refractivity contribution in [2.75, 3.05) is 13.4 Å². The van der Waals surface area contributed by atoms with Gasteiger partial charge in [0.25, 0.3) is 0 Å². The van der Waals surface area contributed by atoms with Gasteiger partial charge in [0.15, 0.2) is 11.5 Å². The number of benzene rings is 2. The molecule has 0 saturated carbocycles. The molecule has 0 amide bonds. The van der Waals surface area contributed by atoms with Crippen molar-refractivity contribution in [2.45, 2.75) is 13.8 Å². The van der Waals surface area contributed by atoms with E-state index in [1.165, 1.54) is 0 Å². The lowest BCUT2D eigenvalue weighted by Crippen LogP contribution is -1.96. The lowest BCUT2D eigenvalue weighted by atomic mass is 10.1. The molecule has 3 rings (SSSR count). The van der Waals surface area contributed by atoms with Crippen LogP contribution in [0.1, 0.15) is 18.1 Å². The summed E-state index contributed by atoms with van der Waals surface area (Å²) in [6.45, 7) is 4.83. The van der Waals surface area contributed by atoms with Gasteiger partial charge in [0.05, 0.1) is 12.3 Å². The van der Waals surface area contributed by atoms with Crippen molar-refractivity contribution >= 4 is 11.9 Å². The Kier molecular flexibility index (Phi) is 3.77. The molecular formula is C17H17NO3. The fourth-order valence-electron chi connectivity index (χ4n) is 2.17. The van der Waals surface area contributed by atoms with Crippen LogP contribution in [-0.2, 0) is 0 Å². The predicted molar refractivity (Wildman–Crippen MR) is 82.2 cm³/mol. The van der Waals surface area contributed by atoms with E-state index in [0.717, 1.165) is 28.3 Å². The molecule has 1 heterocycles. The van der Waals surface area contributed by atoms with Crippen molar-refractivity contribution in [3.63, 3.8) is 0 Å². The lowest BCUT2D eigenvalue weighted by Gasteiger charge is -2.08. The molecule has 0 aliphatic carbocycles. The third-order valence-corrected chi connectivity index (χ3v) is 3.26. The number of ether oxygens (including phenoxy) is 3. The topological polar surface area (TPSA) is 40.0 Å². The minimum Gasteiger partial charge on any atom is -0.493 e. The zero-order chi connectivity index (χ0) is 14.7. The normalized spacial score (nSPS) is 12.9. The maximum atomic E-state index is 5.65. The summed E-state index contributed by atoms with van der Waals surface area (Å²) in [5.41, 5.74) is 2.95. The molecule has 0 N–H and O–H groups in total. The van der Waals surface area contributed by atoms with Gasteiger partial charge in [-0.3, -0.25) is 4.99 Å². The second kappa shape index (κ2) is 5.87. The summed E-state index contributed by atoms with van der Waals surface area (Å²) < 4.78 is 16.4. The summed E-state index contributed by atoms with van der Waals surface area (Å²) in [5, 5.41) is 0. The van der Waals surface area contributed by atoms with E-state index in [1.807, 2.05) is 50.2 Å². The average Bonchev–Trinajstić information content (AvgIpc) is 2.94. The first-order valence-electron chi connectivity index (χ1n) is 6.94. The SMILES string of the molecule is CCOc1cc2c(cc1C=Nc1ccccc1C)OCO2. The quantitative estimate of drug-likeness (QED) is 0.800. The molecule has 0 radical (unpaired) electrons. The Bertz CT molecular complexity index is 680. The second-order valence-electron chi connectivity index (χ2n) is 4.72. The number of para-hydroxylation sites is 1. The van der Waals surface area contributed by atoms with E-state index in [4.69, 9.17) is 14.2 Å². The van der Waals surface area contributed by atoms with E-state index in [2.05, 4.69) is 4.99 Å². The highest BCUT2D eigenvalue weighted by Crippen LogP contribution is 2.37. The minimum absolute atomic E-state index is 0.249. The zero-order valence-electron chi connectivity index (χ0n) is 12.1. The number of hydrogen-bond acceptors (Lipinski definition) is 4. The average molecular weight is 283 g/mol. The van der Waals surface area contributed by atoms with E-state index in [-0.39, 0.29) is 6.79 Å². The lowest BCUT2D eigenvalue weighted by molar-refractivity contribution is 0.174. The molecule has 2 aromatic carbocycles. The van der Waals surface area contributed by atoms with Crippen LogP contribution >= 0.6 is 0 Å². The predicted octanol–water partition coefficient (Wildman–Crippen LogP) is 3.87. The number of aliphatic imine (C=N–C) groups is 1. The zero-order valence-corrected chi connectivity index (χ0v) is 12.1. The van der Waals surface area contributed by atoms with E-state index in [1.54, 1.807) is 6.21 Å². The molecule has 0 bridgehead atoms. The van der Waals surface area contributed by atoms with Crippen LogP contribution in [0, 0.1) is 6.92 Å². The van der Waals surface area contributed by atoms with Gasteiger partial charge in [-0.15, -0.1) is 0 Å². The van der Waals surface area contributed by atoms with Gasteiger partial charge in [0, 0.05) is 17.8 Å². The Hall–Kier alpha value is -2.49. The highest BCUT2D eigenvalue weighted by molar-refractivity contribution is 5.87. The molecule has 108 valence electrons. The van der Waals surface area contributed by atoms with Crippen LogP contribution in [0.3, 0.4) is 0 Å². The van der Waals surface area contributed by atoms with Gasteiger partial charge >= 0.3 is 0 Å². The molecule has 0 fully saturated rings. The summed E-state index contributed by atoms with van der Waals surface area (Å²) >= 11 is 0. The van der Waals surface area contributed by atoms with E-state index in [9.17, 15) is 0 Å². The summed E-state index contributed by atoms with van der Waals surface area (Å²) in [7, 11) is 0. The third kappa shape index (κ3) is 2.84. The summed E-state index contributed by atoms with van der Waals surface area (Å²) in [4.78, 5) is 4.54. The summed E-state index contributed by atoms with van der Waals surface area (Å²) in [6, 6.07) is 11.7. The van der Waals surface area contributed by atoms with Crippen molar-refractivity contribution in [1.29, 1.82) is 0 Å². The fourth-order valence-corrected chi connectivity index (χ4v) is 2.17. The third-order valence-electron chi connectivity index (χ3n) is 3.26. The van der Waals surface area contributed by atoms with Gasteiger partial charge in [-0.2, -0.15) is 0 Å². The van der Waals surface area contributed by atoms with Crippen molar-refractivity contribution in [3.05, 3.63) is 47.5 Å². The van der Waals surface area contributed by atoms with Gasteiger partial charge in [0.2, 0.25) is 6.79 Å². The smallest absolute Gasteiger partial charge is 0.231 e. The highest BCUT2D eigenvalue weighted by atomic mass is 16.7. The van der Waals surface area contributed by atoms with E-state index >= 15 is 0 Å². The highest BCUT2D eigenvalue weighted by Gasteiger charge is 2.17. The molecular weight excluding hydrogens is 266 g/mol. The molecule has 1 aliphatic heterocycles. The molecule has 0 saturated heterocycles. The Labute approximate surface area is 124 Å². The van der Waals surface area contributed by atoms with Crippen LogP contribution in [0.25, 0.3) is 0 Å². The number of fused-ring (bicyclic) bond motifs is 1. The van der Waals surface area contributed by atoms with Gasteiger partial charge in [-0.25, -0.2) is 0 Å². The monoisotopic (exact) mass is 283 g/mol. The van der Waals surface area contributed by atoms with Crippen LogP contribution in [0.4, 0.5) is 5.69 Å². The van der Waals surface area contributed by atoms with Crippen LogP contribution in [0.2, 0.25) is 0 Å². The first-order chi connectivity index (χ1) is 10.3. The Morgan fingerprint density at radius 2 is 1.95 bits per heavy atom. The van der Waals surface area contributed by atoms with Crippen molar-refractivity contribution in [3.8, 4) is 17.2 Å². The molecule has 0 unspecified atom stereocenters. The largest absolute Gasteiger partial charge is 0.493 e.